The molecule has 60 valence electrons. The van der Waals surface area contributed by atoms with Crippen LogP contribution in [0.3, 0.4) is 0 Å². The Kier molecular flexibility index (Phi) is 3.96. The minimum Gasteiger partial charge on any atom is -0.355 e. The van der Waals surface area contributed by atoms with Crippen molar-refractivity contribution in [1.82, 2.24) is 5.32 Å². The van der Waals surface area contributed by atoms with Gasteiger partial charge in [-0.1, -0.05) is 19.2 Å². The molecule has 0 rings (SSSR count). The summed E-state index contributed by atoms with van der Waals surface area (Å²) in [5.41, 5.74) is 2.37. The summed E-state index contributed by atoms with van der Waals surface area (Å²) in [5.74, 6) is 0. The second-order valence-electron chi connectivity index (χ2n) is 2.27. The molecule has 0 aliphatic carbocycles. The first-order chi connectivity index (χ1) is 5.11. The summed E-state index contributed by atoms with van der Waals surface area (Å²) in [6.45, 7) is 11.2. The number of hydrogen-bond acceptors (Lipinski definition) is 2. The Bertz CT molecular complexity index is 212. The van der Waals surface area contributed by atoms with Crippen LogP contribution in [0, 0.1) is 5.41 Å². The van der Waals surface area contributed by atoms with E-state index in [2.05, 4.69) is 18.5 Å². The first-order valence-corrected chi connectivity index (χ1v) is 3.40. The molecule has 0 saturated heterocycles. The molecule has 0 aromatic carbocycles. The molecule has 0 saturated carbocycles. The molecular weight excluding hydrogens is 136 g/mol. The Hall–Kier alpha value is -1.31. The van der Waals surface area contributed by atoms with E-state index in [-0.39, 0.29) is 0 Å². The van der Waals surface area contributed by atoms with Crippen LogP contribution >= 0.6 is 0 Å². The second-order valence-corrected chi connectivity index (χ2v) is 2.27. The molecule has 0 spiro atoms. The molecule has 0 aromatic heterocycles. The van der Waals surface area contributed by atoms with Gasteiger partial charge in [-0.2, -0.15) is 0 Å². The van der Waals surface area contributed by atoms with Crippen molar-refractivity contribution in [2.45, 2.75) is 13.8 Å². The van der Waals surface area contributed by atoms with Gasteiger partial charge >= 0.3 is 0 Å². The summed E-state index contributed by atoms with van der Waals surface area (Å²) in [6.07, 6.45) is 3.05. The van der Waals surface area contributed by atoms with E-state index in [0.717, 1.165) is 17.0 Å². The molecular formula is C9H14N2. The lowest BCUT2D eigenvalue weighted by Gasteiger charge is -2.07. The fourth-order valence-corrected chi connectivity index (χ4v) is 0.473. The lowest BCUT2D eigenvalue weighted by Crippen LogP contribution is -2.12. The fourth-order valence-electron chi connectivity index (χ4n) is 0.473. The summed E-state index contributed by atoms with van der Waals surface area (Å²) in [7, 11) is 0. The van der Waals surface area contributed by atoms with Crippen molar-refractivity contribution in [2.24, 2.45) is 0 Å². The van der Waals surface area contributed by atoms with E-state index in [1.807, 2.05) is 13.8 Å². The van der Waals surface area contributed by atoms with E-state index in [1.54, 1.807) is 6.08 Å². The normalized spacial score (nSPS) is 10.5. The van der Waals surface area contributed by atoms with Crippen LogP contribution in [-0.2, 0) is 0 Å². The molecule has 0 heterocycles. The maximum Gasteiger partial charge on any atom is 0.0519 e. The SMILES string of the molecule is C=C(C)C(=C)N/C(C=N)=C/C. The predicted molar refractivity (Wildman–Crippen MR) is 49.6 cm³/mol. The summed E-state index contributed by atoms with van der Waals surface area (Å²) in [5, 5.41) is 9.91. The highest BCUT2D eigenvalue weighted by Crippen LogP contribution is 2.00. The number of hydrogen-bond donors (Lipinski definition) is 2. The van der Waals surface area contributed by atoms with Crippen LogP contribution in [-0.4, -0.2) is 6.21 Å². The molecule has 0 unspecified atom stereocenters. The van der Waals surface area contributed by atoms with Crippen LogP contribution in [0.4, 0.5) is 0 Å². The van der Waals surface area contributed by atoms with Crippen LogP contribution < -0.4 is 5.32 Å². The summed E-state index contributed by atoms with van der Waals surface area (Å²) in [6, 6.07) is 0. The van der Waals surface area contributed by atoms with Gasteiger partial charge in [-0.05, 0) is 19.4 Å². The average Bonchev–Trinajstić information content (AvgIpc) is 1.99. The molecule has 2 heteroatoms. The monoisotopic (exact) mass is 150 g/mol. The molecule has 0 aliphatic heterocycles. The molecule has 0 aromatic rings. The quantitative estimate of drug-likeness (QED) is 0.468. The smallest absolute Gasteiger partial charge is 0.0519 e. The van der Waals surface area contributed by atoms with Crippen LogP contribution in [0.15, 0.2) is 36.2 Å². The van der Waals surface area contributed by atoms with Crippen molar-refractivity contribution >= 4 is 6.21 Å². The van der Waals surface area contributed by atoms with Crippen LogP contribution in [0.5, 0.6) is 0 Å². The highest BCUT2D eigenvalue weighted by molar-refractivity contribution is 5.75. The van der Waals surface area contributed by atoms with Gasteiger partial charge in [-0.25, -0.2) is 0 Å². The van der Waals surface area contributed by atoms with Crippen molar-refractivity contribution < 1.29 is 0 Å². The summed E-state index contributed by atoms with van der Waals surface area (Å²) in [4.78, 5) is 0. The Labute approximate surface area is 67.8 Å². The van der Waals surface area contributed by atoms with E-state index in [4.69, 9.17) is 5.41 Å². The second kappa shape index (κ2) is 4.50. The Balaban J connectivity index is 4.14. The zero-order valence-electron chi connectivity index (χ0n) is 7.07. The minimum absolute atomic E-state index is 0.734. The van der Waals surface area contributed by atoms with E-state index >= 15 is 0 Å². The van der Waals surface area contributed by atoms with Crippen molar-refractivity contribution in [3.63, 3.8) is 0 Å². The number of nitrogens with one attached hydrogen (secondary N) is 2. The van der Waals surface area contributed by atoms with Gasteiger partial charge in [0.1, 0.15) is 0 Å². The van der Waals surface area contributed by atoms with Gasteiger partial charge in [0.05, 0.1) is 5.70 Å². The maximum atomic E-state index is 6.97. The Morgan fingerprint density at radius 1 is 1.45 bits per heavy atom. The first kappa shape index (κ1) is 9.69. The van der Waals surface area contributed by atoms with Crippen molar-refractivity contribution in [2.75, 3.05) is 0 Å². The number of allylic oxidation sites excluding steroid dienone is 3. The zero-order valence-corrected chi connectivity index (χ0v) is 7.07. The Morgan fingerprint density at radius 3 is 2.27 bits per heavy atom. The Morgan fingerprint density at radius 2 is 2.00 bits per heavy atom. The lowest BCUT2D eigenvalue weighted by atomic mass is 10.2. The highest BCUT2D eigenvalue weighted by atomic mass is 14.9. The lowest BCUT2D eigenvalue weighted by molar-refractivity contribution is 1.04. The third-order valence-electron chi connectivity index (χ3n) is 1.28. The van der Waals surface area contributed by atoms with Crippen molar-refractivity contribution in [1.29, 1.82) is 5.41 Å². The zero-order chi connectivity index (χ0) is 8.85. The van der Waals surface area contributed by atoms with Gasteiger partial charge in [0.15, 0.2) is 0 Å². The molecule has 0 fully saturated rings. The largest absolute Gasteiger partial charge is 0.355 e. The van der Waals surface area contributed by atoms with Gasteiger partial charge < -0.3 is 10.7 Å². The van der Waals surface area contributed by atoms with E-state index in [0.29, 0.717) is 0 Å². The van der Waals surface area contributed by atoms with Crippen LogP contribution in [0.1, 0.15) is 13.8 Å². The van der Waals surface area contributed by atoms with E-state index in [1.165, 1.54) is 6.21 Å². The van der Waals surface area contributed by atoms with Gasteiger partial charge in [-0.3, -0.25) is 0 Å². The molecule has 0 amide bonds. The number of rotatable bonds is 4. The van der Waals surface area contributed by atoms with Gasteiger partial charge in [0, 0.05) is 11.9 Å². The van der Waals surface area contributed by atoms with Crippen LogP contribution in [0.2, 0.25) is 0 Å². The molecule has 0 bridgehead atoms. The topological polar surface area (TPSA) is 35.9 Å². The molecule has 2 N–H and O–H groups in total. The highest BCUT2D eigenvalue weighted by Gasteiger charge is 1.93. The molecule has 0 atom stereocenters. The minimum atomic E-state index is 0.734. The third kappa shape index (κ3) is 3.40. The predicted octanol–water partition coefficient (Wildman–Crippen LogP) is 2.22. The molecule has 2 nitrogen and oxygen atoms in total. The van der Waals surface area contributed by atoms with Crippen molar-refractivity contribution in [3.05, 3.63) is 36.2 Å². The molecule has 0 radical (unpaired) electrons. The van der Waals surface area contributed by atoms with Gasteiger partial charge in [-0.15, -0.1) is 0 Å². The summed E-state index contributed by atoms with van der Waals surface area (Å²) >= 11 is 0. The van der Waals surface area contributed by atoms with Gasteiger partial charge in [0.25, 0.3) is 0 Å². The van der Waals surface area contributed by atoms with Gasteiger partial charge in [0.2, 0.25) is 0 Å². The fraction of sp³-hybridized carbons (Fsp3) is 0.222. The maximum absolute atomic E-state index is 6.97. The molecule has 11 heavy (non-hydrogen) atoms. The average molecular weight is 150 g/mol. The summed E-state index contributed by atoms with van der Waals surface area (Å²) < 4.78 is 0. The van der Waals surface area contributed by atoms with Crippen molar-refractivity contribution in [3.8, 4) is 0 Å². The van der Waals surface area contributed by atoms with E-state index < -0.39 is 0 Å². The third-order valence-corrected chi connectivity index (χ3v) is 1.28. The molecule has 0 aliphatic rings. The van der Waals surface area contributed by atoms with E-state index in [9.17, 15) is 0 Å². The standard InChI is InChI=1S/C9H14N2/c1-5-9(6-10)11-8(4)7(2)3/h5-6,10-11H,2,4H2,1,3H3/b9-5+,10-6?. The first-order valence-electron chi connectivity index (χ1n) is 3.40. The van der Waals surface area contributed by atoms with Crippen LogP contribution in [0.25, 0.3) is 0 Å².